The zero-order chi connectivity index (χ0) is 12.5. The summed E-state index contributed by atoms with van der Waals surface area (Å²) < 4.78 is 9.90. The van der Waals surface area contributed by atoms with Crippen LogP contribution in [-0.2, 0) is 11.3 Å². The van der Waals surface area contributed by atoms with Crippen molar-refractivity contribution in [2.24, 2.45) is 0 Å². The maximum absolute atomic E-state index is 11.6. The van der Waals surface area contributed by atoms with Gasteiger partial charge in [-0.15, -0.1) is 0 Å². The van der Waals surface area contributed by atoms with Crippen molar-refractivity contribution in [1.29, 1.82) is 5.26 Å². The van der Waals surface area contributed by atoms with E-state index in [-0.39, 0.29) is 32.7 Å². The van der Waals surface area contributed by atoms with E-state index in [0.717, 1.165) is 0 Å². The zero-order valence-electron chi connectivity index (χ0n) is 9.33. The van der Waals surface area contributed by atoms with E-state index in [2.05, 4.69) is 0 Å². The van der Waals surface area contributed by atoms with Gasteiger partial charge in [-0.05, 0) is 12.1 Å². The van der Waals surface area contributed by atoms with Gasteiger partial charge in [0.1, 0.15) is 12.4 Å². The number of hydrogen-bond donors (Lipinski definition) is 1. The monoisotopic (exact) mass is 238 g/mol. The van der Waals surface area contributed by atoms with Gasteiger partial charge < -0.3 is 14.3 Å². The highest BCUT2D eigenvalue weighted by atomic mass is 16.6. The van der Waals surface area contributed by atoms with Crippen LogP contribution in [0.25, 0.3) is 0 Å². The average molecular weight is 238 g/mol. The van der Waals surface area contributed by atoms with Gasteiger partial charge in [-0.25, -0.2) is 4.79 Å². The van der Waals surface area contributed by atoms with Crippen molar-refractivity contribution in [2.75, 3.05) is 19.8 Å². The van der Waals surface area contributed by atoms with E-state index in [9.17, 15) is 4.79 Å². The van der Waals surface area contributed by atoms with E-state index in [1.54, 1.807) is 12.1 Å². The smallest absolute Gasteiger partial charge is 0.410 e. The summed E-state index contributed by atoms with van der Waals surface area (Å²) in [5.74, 6) is 0.615. The Kier molecular flexibility index (Phi) is 5.61. The van der Waals surface area contributed by atoms with Gasteiger partial charge in [0.2, 0.25) is 0 Å². The molecule has 1 rings (SSSR count). The lowest BCUT2D eigenvalue weighted by Gasteiger charge is -2.19. The third-order valence-corrected chi connectivity index (χ3v) is 2.00. The molecule has 0 aliphatic carbocycles. The Hall–Kier alpha value is -2.00. The van der Waals surface area contributed by atoms with E-state index in [1.807, 2.05) is 6.07 Å². The molecule has 1 aromatic heterocycles. The van der Waals surface area contributed by atoms with Crippen molar-refractivity contribution in [2.45, 2.75) is 13.0 Å². The lowest BCUT2D eigenvalue weighted by molar-refractivity contribution is 0.0807. The number of carbonyl (C=O) groups is 1. The third-order valence-electron chi connectivity index (χ3n) is 2.00. The predicted octanol–water partition coefficient (Wildman–Crippen LogP) is 1.12. The highest BCUT2D eigenvalue weighted by molar-refractivity contribution is 5.67. The highest BCUT2D eigenvalue weighted by Crippen LogP contribution is 2.07. The van der Waals surface area contributed by atoms with E-state index in [4.69, 9.17) is 19.5 Å². The second-order valence-electron chi connectivity index (χ2n) is 3.25. The van der Waals surface area contributed by atoms with Crippen molar-refractivity contribution in [1.82, 2.24) is 4.90 Å². The molecule has 0 fully saturated rings. The van der Waals surface area contributed by atoms with Crippen LogP contribution >= 0.6 is 0 Å². The molecule has 0 bridgehead atoms. The fourth-order valence-electron chi connectivity index (χ4n) is 1.23. The van der Waals surface area contributed by atoms with Crippen LogP contribution in [0.2, 0.25) is 0 Å². The highest BCUT2D eigenvalue weighted by Gasteiger charge is 2.16. The molecule has 6 heteroatoms. The Morgan fingerprint density at radius 3 is 3.06 bits per heavy atom. The van der Waals surface area contributed by atoms with Crippen LogP contribution in [0.1, 0.15) is 12.2 Å². The van der Waals surface area contributed by atoms with Crippen molar-refractivity contribution in [3.05, 3.63) is 24.2 Å². The maximum Gasteiger partial charge on any atom is 0.410 e. The molecule has 0 aliphatic rings. The number of furan rings is 1. The number of aliphatic hydroxyl groups excluding tert-OH is 1. The van der Waals surface area contributed by atoms with Crippen LogP contribution in [-0.4, -0.2) is 35.9 Å². The van der Waals surface area contributed by atoms with Gasteiger partial charge in [-0.2, -0.15) is 5.26 Å². The van der Waals surface area contributed by atoms with Gasteiger partial charge >= 0.3 is 6.09 Å². The van der Waals surface area contributed by atoms with Gasteiger partial charge in [0.05, 0.1) is 31.9 Å². The zero-order valence-corrected chi connectivity index (χ0v) is 9.33. The minimum Gasteiger partial charge on any atom is -0.467 e. The predicted molar refractivity (Wildman–Crippen MR) is 57.8 cm³/mol. The first-order valence-electron chi connectivity index (χ1n) is 5.20. The second kappa shape index (κ2) is 7.30. The van der Waals surface area contributed by atoms with Crippen LogP contribution < -0.4 is 0 Å². The number of nitriles is 1. The number of hydrogen-bond acceptors (Lipinski definition) is 5. The van der Waals surface area contributed by atoms with Gasteiger partial charge in [-0.1, -0.05) is 0 Å². The van der Waals surface area contributed by atoms with Gasteiger partial charge in [0.25, 0.3) is 0 Å². The lowest BCUT2D eigenvalue weighted by Crippen LogP contribution is -2.32. The number of ether oxygens (including phenoxy) is 1. The largest absolute Gasteiger partial charge is 0.467 e. The molecule has 17 heavy (non-hydrogen) atoms. The van der Waals surface area contributed by atoms with Crippen LogP contribution in [0.4, 0.5) is 4.79 Å². The molecule has 6 nitrogen and oxygen atoms in total. The number of aliphatic hydroxyl groups is 1. The van der Waals surface area contributed by atoms with Crippen LogP contribution in [0.5, 0.6) is 0 Å². The second-order valence-corrected chi connectivity index (χ2v) is 3.25. The fraction of sp³-hybridized carbons (Fsp3) is 0.455. The molecule has 0 radical (unpaired) electrons. The summed E-state index contributed by atoms with van der Waals surface area (Å²) in [5, 5.41) is 17.1. The summed E-state index contributed by atoms with van der Waals surface area (Å²) in [6.45, 7) is 0.235. The fourth-order valence-corrected chi connectivity index (χ4v) is 1.23. The van der Waals surface area contributed by atoms with Crippen LogP contribution in [0.3, 0.4) is 0 Å². The molecular weight excluding hydrogens is 224 g/mol. The molecule has 92 valence electrons. The molecule has 0 saturated carbocycles. The molecule has 1 N–H and O–H groups in total. The van der Waals surface area contributed by atoms with Crippen molar-refractivity contribution in [3.63, 3.8) is 0 Å². The quantitative estimate of drug-likeness (QED) is 0.802. The summed E-state index contributed by atoms with van der Waals surface area (Å²) in [7, 11) is 0. The topological polar surface area (TPSA) is 86.7 Å². The Morgan fingerprint density at radius 2 is 2.47 bits per heavy atom. The Balaban J connectivity index is 2.53. The van der Waals surface area contributed by atoms with E-state index in [1.165, 1.54) is 11.2 Å². The molecular formula is C11H14N2O4. The van der Waals surface area contributed by atoms with E-state index in [0.29, 0.717) is 5.76 Å². The Bertz CT molecular complexity index is 369. The normalized spacial score (nSPS) is 9.65. The average Bonchev–Trinajstić information content (AvgIpc) is 2.84. The molecule has 0 atom stereocenters. The van der Waals surface area contributed by atoms with Crippen molar-refractivity contribution in [3.8, 4) is 6.07 Å². The number of rotatable bonds is 6. The molecule has 0 aliphatic heterocycles. The Labute approximate surface area is 99.0 Å². The summed E-state index contributed by atoms with van der Waals surface area (Å²) in [4.78, 5) is 12.9. The van der Waals surface area contributed by atoms with Crippen LogP contribution in [0, 0.1) is 11.3 Å². The van der Waals surface area contributed by atoms with Gasteiger partial charge in [0, 0.05) is 6.54 Å². The summed E-state index contributed by atoms with van der Waals surface area (Å²) in [6, 6.07) is 5.41. The SMILES string of the molecule is N#CCCN(Cc1ccco1)C(=O)OCCO. The molecule has 1 amide bonds. The Morgan fingerprint density at radius 1 is 1.65 bits per heavy atom. The first-order chi connectivity index (χ1) is 8.27. The first kappa shape index (κ1) is 13.1. The lowest BCUT2D eigenvalue weighted by atomic mass is 10.3. The maximum atomic E-state index is 11.6. The number of amides is 1. The molecule has 1 heterocycles. The minimum atomic E-state index is -0.564. The number of carbonyl (C=O) groups excluding carboxylic acids is 1. The summed E-state index contributed by atoms with van der Waals surface area (Å²) >= 11 is 0. The molecule has 0 saturated heterocycles. The van der Waals surface area contributed by atoms with Crippen molar-refractivity contribution >= 4 is 6.09 Å². The standard InChI is InChI=1S/C11H14N2O4/c12-4-2-5-13(11(15)17-8-6-14)9-10-3-1-7-16-10/h1,3,7,14H,2,5-6,8-9H2. The summed E-state index contributed by atoms with van der Waals surface area (Å²) in [5.41, 5.74) is 0. The summed E-state index contributed by atoms with van der Waals surface area (Å²) in [6.07, 6.45) is 1.16. The van der Waals surface area contributed by atoms with E-state index >= 15 is 0 Å². The van der Waals surface area contributed by atoms with Crippen LogP contribution in [0.15, 0.2) is 22.8 Å². The minimum absolute atomic E-state index is 0.0555. The molecule has 0 spiro atoms. The van der Waals surface area contributed by atoms with E-state index < -0.39 is 6.09 Å². The van der Waals surface area contributed by atoms with Gasteiger partial charge in [0.15, 0.2) is 0 Å². The molecule has 0 unspecified atom stereocenters. The molecule has 0 aromatic carbocycles. The third kappa shape index (κ3) is 4.57. The molecule has 1 aromatic rings. The number of nitrogens with zero attached hydrogens (tertiary/aromatic N) is 2. The van der Waals surface area contributed by atoms with Gasteiger partial charge in [-0.3, -0.25) is 4.90 Å². The van der Waals surface area contributed by atoms with Crippen molar-refractivity contribution < 1.29 is 19.1 Å². The first-order valence-corrected chi connectivity index (χ1v) is 5.20.